The standard InChI is InChI=1S/C27H30/c1-19-10-15-24(20(2)18-19)27(17-16-21-8-6-7-9-25(21)27)23-13-11-22(12-14-23)26(3,4)5/h6-15,18H,16-17H2,1-5H3. The summed E-state index contributed by atoms with van der Waals surface area (Å²) in [6.07, 6.45) is 2.29. The van der Waals surface area contributed by atoms with E-state index in [4.69, 9.17) is 0 Å². The second-order valence-corrected chi connectivity index (χ2v) is 9.21. The van der Waals surface area contributed by atoms with E-state index in [0.717, 1.165) is 12.8 Å². The van der Waals surface area contributed by atoms with Crippen molar-refractivity contribution in [3.63, 3.8) is 0 Å². The van der Waals surface area contributed by atoms with Crippen LogP contribution in [0.2, 0.25) is 0 Å². The Labute approximate surface area is 164 Å². The lowest BCUT2D eigenvalue weighted by Gasteiger charge is -2.34. The van der Waals surface area contributed by atoms with Crippen molar-refractivity contribution in [2.45, 2.75) is 58.3 Å². The van der Waals surface area contributed by atoms with E-state index in [1.807, 2.05) is 0 Å². The van der Waals surface area contributed by atoms with Gasteiger partial charge < -0.3 is 0 Å². The van der Waals surface area contributed by atoms with E-state index in [0.29, 0.717) is 0 Å². The van der Waals surface area contributed by atoms with E-state index in [2.05, 4.69) is 101 Å². The molecule has 1 aliphatic rings. The number of benzene rings is 3. The summed E-state index contributed by atoms with van der Waals surface area (Å²) in [7, 11) is 0. The highest BCUT2D eigenvalue weighted by atomic mass is 14.4. The second-order valence-electron chi connectivity index (χ2n) is 9.21. The molecule has 1 atom stereocenters. The van der Waals surface area contributed by atoms with Gasteiger partial charge in [-0.25, -0.2) is 0 Å². The third-order valence-corrected chi connectivity index (χ3v) is 6.33. The summed E-state index contributed by atoms with van der Waals surface area (Å²) < 4.78 is 0. The molecule has 1 unspecified atom stereocenters. The first-order valence-corrected chi connectivity index (χ1v) is 10.1. The van der Waals surface area contributed by atoms with Crippen LogP contribution in [-0.4, -0.2) is 0 Å². The SMILES string of the molecule is Cc1ccc(C2(c3ccc(C(C)(C)C)cc3)CCc3ccccc32)c(C)c1. The zero-order valence-electron chi connectivity index (χ0n) is 17.3. The first-order chi connectivity index (χ1) is 12.8. The molecule has 0 heteroatoms. The molecule has 0 spiro atoms. The lowest BCUT2D eigenvalue weighted by atomic mass is 9.68. The van der Waals surface area contributed by atoms with Gasteiger partial charge in [0.05, 0.1) is 0 Å². The van der Waals surface area contributed by atoms with Gasteiger partial charge in [0, 0.05) is 5.41 Å². The van der Waals surface area contributed by atoms with Crippen molar-refractivity contribution in [3.8, 4) is 0 Å². The Balaban J connectivity index is 1.96. The highest BCUT2D eigenvalue weighted by Gasteiger charge is 2.42. The van der Waals surface area contributed by atoms with Gasteiger partial charge >= 0.3 is 0 Å². The number of hydrogen-bond acceptors (Lipinski definition) is 0. The van der Waals surface area contributed by atoms with Crippen LogP contribution in [0.3, 0.4) is 0 Å². The Morgan fingerprint density at radius 3 is 2.15 bits per heavy atom. The summed E-state index contributed by atoms with van der Waals surface area (Å²) >= 11 is 0. The number of rotatable bonds is 2. The molecule has 1 aliphatic carbocycles. The van der Waals surface area contributed by atoms with Gasteiger partial charge in [-0.2, -0.15) is 0 Å². The molecule has 0 amide bonds. The summed E-state index contributed by atoms with van der Waals surface area (Å²) in [5, 5.41) is 0. The van der Waals surface area contributed by atoms with Gasteiger partial charge in [0.15, 0.2) is 0 Å². The number of hydrogen-bond donors (Lipinski definition) is 0. The van der Waals surface area contributed by atoms with E-state index in [9.17, 15) is 0 Å². The minimum absolute atomic E-state index is 0.0369. The molecule has 0 bridgehead atoms. The van der Waals surface area contributed by atoms with Crippen LogP contribution in [0.25, 0.3) is 0 Å². The molecule has 0 fully saturated rings. The molecular weight excluding hydrogens is 324 g/mol. The Morgan fingerprint density at radius 1 is 0.778 bits per heavy atom. The van der Waals surface area contributed by atoms with Crippen molar-refractivity contribution in [2.24, 2.45) is 0 Å². The zero-order chi connectivity index (χ0) is 19.2. The smallest absolute Gasteiger partial charge is 0.0459 e. The lowest BCUT2D eigenvalue weighted by Crippen LogP contribution is -2.28. The molecule has 0 N–H and O–H groups in total. The number of aryl methyl sites for hydroxylation is 3. The van der Waals surface area contributed by atoms with Crippen LogP contribution in [0.1, 0.15) is 66.1 Å². The predicted octanol–water partition coefficient (Wildman–Crippen LogP) is 6.88. The second kappa shape index (κ2) is 6.37. The Kier molecular flexibility index (Phi) is 4.26. The molecule has 0 saturated carbocycles. The monoisotopic (exact) mass is 354 g/mol. The topological polar surface area (TPSA) is 0 Å². The van der Waals surface area contributed by atoms with E-state index in [1.165, 1.54) is 38.9 Å². The Morgan fingerprint density at radius 2 is 1.48 bits per heavy atom. The molecule has 3 aromatic carbocycles. The summed E-state index contributed by atoms with van der Waals surface area (Å²) in [5.41, 5.74) is 10.1. The molecular formula is C27H30. The largest absolute Gasteiger partial charge is 0.0620 e. The van der Waals surface area contributed by atoms with Gasteiger partial charge in [-0.1, -0.05) is 93.1 Å². The minimum Gasteiger partial charge on any atom is -0.0620 e. The Bertz CT molecular complexity index is 970. The van der Waals surface area contributed by atoms with Crippen molar-refractivity contribution in [1.82, 2.24) is 0 Å². The van der Waals surface area contributed by atoms with Gasteiger partial charge in [0.1, 0.15) is 0 Å². The molecule has 0 radical (unpaired) electrons. The average molecular weight is 355 g/mol. The van der Waals surface area contributed by atoms with Crippen LogP contribution in [-0.2, 0) is 17.3 Å². The molecule has 0 nitrogen and oxygen atoms in total. The lowest BCUT2D eigenvalue weighted by molar-refractivity contribution is 0.583. The van der Waals surface area contributed by atoms with Crippen LogP contribution in [0.15, 0.2) is 66.7 Å². The summed E-state index contributed by atoms with van der Waals surface area (Å²) in [6.45, 7) is 11.3. The first kappa shape index (κ1) is 18.0. The fraction of sp³-hybridized carbons (Fsp3) is 0.333. The van der Waals surface area contributed by atoms with E-state index in [-0.39, 0.29) is 10.8 Å². The highest BCUT2D eigenvalue weighted by molar-refractivity contribution is 5.58. The zero-order valence-corrected chi connectivity index (χ0v) is 17.3. The highest BCUT2D eigenvalue weighted by Crippen LogP contribution is 2.50. The maximum atomic E-state index is 2.38. The van der Waals surface area contributed by atoms with Crippen molar-refractivity contribution < 1.29 is 0 Å². The van der Waals surface area contributed by atoms with Crippen LogP contribution in [0, 0.1) is 13.8 Å². The number of fused-ring (bicyclic) bond motifs is 1. The molecule has 138 valence electrons. The first-order valence-electron chi connectivity index (χ1n) is 10.1. The third kappa shape index (κ3) is 2.92. The maximum absolute atomic E-state index is 2.38. The molecule has 3 aromatic rings. The average Bonchev–Trinajstić information content (AvgIpc) is 3.02. The van der Waals surface area contributed by atoms with Gasteiger partial charge in [0.2, 0.25) is 0 Å². The third-order valence-electron chi connectivity index (χ3n) is 6.33. The van der Waals surface area contributed by atoms with Crippen molar-refractivity contribution in [3.05, 3.63) is 106 Å². The molecule has 0 saturated heterocycles. The van der Waals surface area contributed by atoms with Crippen LogP contribution >= 0.6 is 0 Å². The van der Waals surface area contributed by atoms with Crippen molar-refractivity contribution in [1.29, 1.82) is 0 Å². The molecule has 27 heavy (non-hydrogen) atoms. The molecule has 0 heterocycles. The normalized spacial score (nSPS) is 19.1. The van der Waals surface area contributed by atoms with Crippen LogP contribution < -0.4 is 0 Å². The van der Waals surface area contributed by atoms with Crippen molar-refractivity contribution in [2.75, 3.05) is 0 Å². The summed E-state index contributed by atoms with van der Waals surface area (Å²) in [6, 6.07) is 25.4. The van der Waals surface area contributed by atoms with Gasteiger partial charge in [-0.3, -0.25) is 0 Å². The fourth-order valence-corrected chi connectivity index (χ4v) is 4.89. The fourth-order valence-electron chi connectivity index (χ4n) is 4.89. The van der Waals surface area contributed by atoms with Gasteiger partial charge in [-0.15, -0.1) is 0 Å². The quantitative estimate of drug-likeness (QED) is 0.470. The minimum atomic E-state index is -0.0369. The molecule has 0 aromatic heterocycles. The van der Waals surface area contributed by atoms with Gasteiger partial charge in [-0.05, 0) is 65.5 Å². The molecule has 4 rings (SSSR count). The summed E-state index contributed by atoms with van der Waals surface area (Å²) in [5.74, 6) is 0. The maximum Gasteiger partial charge on any atom is 0.0459 e. The summed E-state index contributed by atoms with van der Waals surface area (Å²) in [4.78, 5) is 0. The Hall–Kier alpha value is -2.34. The van der Waals surface area contributed by atoms with Crippen molar-refractivity contribution >= 4 is 0 Å². The van der Waals surface area contributed by atoms with Gasteiger partial charge in [0.25, 0.3) is 0 Å². The van der Waals surface area contributed by atoms with E-state index in [1.54, 1.807) is 0 Å². The van der Waals surface area contributed by atoms with E-state index >= 15 is 0 Å². The predicted molar refractivity (Wildman–Crippen MR) is 116 cm³/mol. The van der Waals surface area contributed by atoms with E-state index < -0.39 is 0 Å². The van der Waals surface area contributed by atoms with Crippen LogP contribution in [0.5, 0.6) is 0 Å². The van der Waals surface area contributed by atoms with Crippen LogP contribution in [0.4, 0.5) is 0 Å². The molecule has 0 aliphatic heterocycles.